The smallest absolute Gasteiger partial charge is 0.248 e. The second kappa shape index (κ2) is 5.66. The van der Waals surface area contributed by atoms with Crippen LogP contribution < -0.4 is 5.32 Å². The molecule has 0 radical (unpaired) electrons. The van der Waals surface area contributed by atoms with Gasteiger partial charge in [0.2, 0.25) is 5.92 Å². The Kier molecular flexibility index (Phi) is 4.38. The first-order chi connectivity index (χ1) is 8.44. The van der Waals surface area contributed by atoms with Gasteiger partial charge in [-0.3, -0.25) is 0 Å². The van der Waals surface area contributed by atoms with E-state index in [2.05, 4.69) is 31.3 Å². The summed E-state index contributed by atoms with van der Waals surface area (Å²) in [5, 5.41) is 3.39. The number of hydrogen-bond donors (Lipinski definition) is 1. The van der Waals surface area contributed by atoms with E-state index < -0.39 is 5.92 Å². The fourth-order valence-corrected chi connectivity index (χ4v) is 3.57. The van der Waals surface area contributed by atoms with Gasteiger partial charge in [-0.1, -0.05) is 0 Å². The van der Waals surface area contributed by atoms with Crippen LogP contribution in [0.15, 0.2) is 12.1 Å². The lowest BCUT2D eigenvalue weighted by Crippen LogP contribution is -2.32. The van der Waals surface area contributed by atoms with Crippen LogP contribution in [-0.4, -0.2) is 18.5 Å². The van der Waals surface area contributed by atoms with Gasteiger partial charge in [0.05, 0.1) is 0 Å². The van der Waals surface area contributed by atoms with Crippen molar-refractivity contribution in [3.63, 3.8) is 0 Å². The van der Waals surface area contributed by atoms with Crippen molar-refractivity contribution in [3.8, 4) is 0 Å². The fourth-order valence-electron chi connectivity index (χ4n) is 2.55. The predicted octanol–water partition coefficient (Wildman–Crippen LogP) is 4.01. The summed E-state index contributed by atoms with van der Waals surface area (Å²) in [6.45, 7) is 4.95. The van der Waals surface area contributed by atoms with Crippen LogP contribution in [0, 0.1) is 12.8 Å². The quantitative estimate of drug-likeness (QED) is 0.854. The van der Waals surface area contributed by atoms with Gasteiger partial charge in [-0.15, -0.1) is 11.3 Å². The van der Waals surface area contributed by atoms with Crippen LogP contribution in [0.4, 0.5) is 8.78 Å². The first-order valence-corrected chi connectivity index (χ1v) is 7.43. The zero-order valence-electron chi connectivity index (χ0n) is 11.0. The van der Waals surface area contributed by atoms with E-state index in [4.69, 9.17) is 0 Å². The highest BCUT2D eigenvalue weighted by Crippen LogP contribution is 2.38. The lowest BCUT2D eigenvalue weighted by molar-refractivity contribution is 0.00500. The van der Waals surface area contributed by atoms with Crippen molar-refractivity contribution in [1.29, 1.82) is 0 Å². The number of rotatable bonds is 5. The Morgan fingerprint density at radius 3 is 2.83 bits per heavy atom. The van der Waals surface area contributed by atoms with E-state index in [1.807, 2.05) is 11.3 Å². The van der Waals surface area contributed by atoms with Gasteiger partial charge in [0.15, 0.2) is 0 Å². The van der Waals surface area contributed by atoms with Gasteiger partial charge in [0.1, 0.15) is 0 Å². The molecule has 0 saturated heterocycles. The Labute approximate surface area is 112 Å². The highest BCUT2D eigenvalue weighted by molar-refractivity contribution is 7.11. The number of nitrogens with one attached hydrogen (secondary N) is 1. The van der Waals surface area contributed by atoms with Gasteiger partial charge in [0.25, 0.3) is 0 Å². The topological polar surface area (TPSA) is 12.0 Å². The number of hydrogen-bond acceptors (Lipinski definition) is 2. The second-order valence-corrected chi connectivity index (χ2v) is 6.86. The zero-order valence-corrected chi connectivity index (χ0v) is 11.8. The van der Waals surface area contributed by atoms with Crippen LogP contribution >= 0.6 is 11.3 Å². The Morgan fingerprint density at radius 2 is 2.28 bits per heavy atom. The van der Waals surface area contributed by atoms with Crippen molar-refractivity contribution in [2.75, 3.05) is 6.54 Å². The molecule has 1 aliphatic carbocycles. The van der Waals surface area contributed by atoms with Gasteiger partial charge in [-0.05, 0) is 51.3 Å². The molecule has 1 fully saturated rings. The van der Waals surface area contributed by atoms with Gasteiger partial charge < -0.3 is 5.32 Å². The maximum absolute atomic E-state index is 13.0. The van der Waals surface area contributed by atoms with Crippen LogP contribution in [0.25, 0.3) is 0 Å². The number of halogens is 2. The third kappa shape index (κ3) is 4.02. The third-order valence-corrected chi connectivity index (χ3v) is 4.59. The van der Waals surface area contributed by atoms with E-state index in [0.29, 0.717) is 12.5 Å². The molecule has 1 heterocycles. The van der Waals surface area contributed by atoms with Crippen LogP contribution in [0.5, 0.6) is 0 Å². The molecule has 1 aromatic heterocycles. The summed E-state index contributed by atoms with van der Waals surface area (Å²) in [5.74, 6) is -2.27. The largest absolute Gasteiger partial charge is 0.314 e. The standard InChI is InChI=1S/C14H21F2NS/c1-10(7-13-4-3-11(2)18-13)17-9-12-5-6-14(15,16)8-12/h3-4,10,12,17H,5-9H2,1-2H3. The normalized spacial score (nSPS) is 24.3. The maximum atomic E-state index is 13.0. The van der Waals surface area contributed by atoms with E-state index in [1.165, 1.54) is 9.75 Å². The Bertz CT molecular complexity index is 389. The lowest BCUT2D eigenvalue weighted by atomic mass is 10.1. The molecule has 0 spiro atoms. The fraction of sp³-hybridized carbons (Fsp3) is 0.714. The Balaban J connectivity index is 1.70. The molecule has 0 amide bonds. The first-order valence-electron chi connectivity index (χ1n) is 6.61. The summed E-state index contributed by atoms with van der Waals surface area (Å²) >= 11 is 1.81. The number of alkyl halides is 2. The van der Waals surface area contributed by atoms with E-state index in [0.717, 1.165) is 13.0 Å². The summed E-state index contributed by atoms with van der Waals surface area (Å²) in [6, 6.07) is 4.64. The maximum Gasteiger partial charge on any atom is 0.248 e. The van der Waals surface area contributed by atoms with Crippen molar-refractivity contribution in [3.05, 3.63) is 21.9 Å². The molecule has 1 N–H and O–H groups in total. The second-order valence-electron chi connectivity index (χ2n) is 5.49. The van der Waals surface area contributed by atoms with E-state index >= 15 is 0 Å². The monoisotopic (exact) mass is 273 g/mol. The lowest BCUT2D eigenvalue weighted by Gasteiger charge is -2.16. The predicted molar refractivity (Wildman–Crippen MR) is 72.5 cm³/mol. The summed E-state index contributed by atoms with van der Waals surface area (Å²) in [6.07, 6.45) is 1.77. The Morgan fingerprint density at radius 1 is 1.50 bits per heavy atom. The minimum atomic E-state index is -2.42. The van der Waals surface area contributed by atoms with E-state index in [1.54, 1.807) is 0 Å². The molecular weight excluding hydrogens is 252 g/mol. The average Bonchev–Trinajstić information content (AvgIpc) is 2.82. The Hall–Kier alpha value is -0.480. The zero-order chi connectivity index (χ0) is 13.2. The molecular formula is C14H21F2NS. The van der Waals surface area contributed by atoms with Crippen LogP contribution in [0.2, 0.25) is 0 Å². The van der Waals surface area contributed by atoms with Crippen LogP contribution in [0.3, 0.4) is 0 Å². The summed E-state index contributed by atoms with van der Waals surface area (Å²) in [4.78, 5) is 2.69. The molecule has 1 aliphatic rings. The molecule has 0 bridgehead atoms. The SMILES string of the molecule is Cc1ccc(CC(C)NCC2CCC(F)(F)C2)s1. The third-order valence-electron chi connectivity index (χ3n) is 3.56. The van der Waals surface area contributed by atoms with Gasteiger partial charge in [0, 0.05) is 28.6 Å². The van der Waals surface area contributed by atoms with Gasteiger partial charge >= 0.3 is 0 Å². The van der Waals surface area contributed by atoms with Gasteiger partial charge in [-0.25, -0.2) is 8.78 Å². The molecule has 2 rings (SSSR count). The molecule has 2 unspecified atom stereocenters. The molecule has 4 heteroatoms. The molecule has 1 saturated carbocycles. The summed E-state index contributed by atoms with van der Waals surface area (Å²) in [7, 11) is 0. The first kappa shape index (κ1) is 13.9. The molecule has 0 aliphatic heterocycles. The molecule has 2 atom stereocenters. The van der Waals surface area contributed by atoms with Crippen molar-refractivity contribution in [2.45, 2.75) is 51.5 Å². The highest BCUT2D eigenvalue weighted by Gasteiger charge is 2.39. The van der Waals surface area contributed by atoms with E-state index in [-0.39, 0.29) is 18.8 Å². The molecule has 18 heavy (non-hydrogen) atoms. The van der Waals surface area contributed by atoms with Crippen molar-refractivity contribution >= 4 is 11.3 Å². The van der Waals surface area contributed by atoms with Crippen molar-refractivity contribution in [2.24, 2.45) is 5.92 Å². The molecule has 1 aromatic rings. The van der Waals surface area contributed by atoms with E-state index in [9.17, 15) is 8.78 Å². The molecule has 1 nitrogen and oxygen atoms in total. The molecule has 102 valence electrons. The van der Waals surface area contributed by atoms with Crippen molar-refractivity contribution in [1.82, 2.24) is 5.32 Å². The minimum Gasteiger partial charge on any atom is -0.314 e. The van der Waals surface area contributed by atoms with Gasteiger partial charge in [-0.2, -0.15) is 0 Å². The minimum absolute atomic E-state index is 0.0603. The molecule has 0 aromatic carbocycles. The van der Waals surface area contributed by atoms with Crippen LogP contribution in [0.1, 0.15) is 35.9 Å². The average molecular weight is 273 g/mol. The number of aryl methyl sites for hydroxylation is 1. The van der Waals surface area contributed by atoms with Crippen LogP contribution in [-0.2, 0) is 6.42 Å². The summed E-state index contributed by atoms with van der Waals surface area (Å²) in [5.41, 5.74) is 0. The highest BCUT2D eigenvalue weighted by atomic mass is 32.1. The summed E-state index contributed by atoms with van der Waals surface area (Å²) < 4.78 is 26.1. The number of thiophene rings is 1. The van der Waals surface area contributed by atoms with Crippen molar-refractivity contribution < 1.29 is 8.78 Å².